The van der Waals surface area contributed by atoms with Gasteiger partial charge in [-0.05, 0) is 31.9 Å². The van der Waals surface area contributed by atoms with Gasteiger partial charge in [-0.1, -0.05) is 24.3 Å². The zero-order valence-electron chi connectivity index (χ0n) is 12.5. The Morgan fingerprint density at radius 3 is 2.62 bits per heavy atom. The first-order valence-electron chi connectivity index (χ1n) is 6.85. The van der Waals surface area contributed by atoms with Gasteiger partial charge in [0.15, 0.2) is 0 Å². The van der Waals surface area contributed by atoms with Gasteiger partial charge in [0.25, 0.3) is 0 Å². The van der Waals surface area contributed by atoms with Crippen molar-refractivity contribution >= 4 is 5.91 Å². The SMILES string of the molecule is Cc1ccccc1CNC(=O)Cc1c(C)nc(=O)[nH]c1C. The Bertz CT molecular complexity index is 693. The molecule has 0 atom stereocenters. The molecule has 0 unspecified atom stereocenters. The predicted octanol–water partition coefficient (Wildman–Crippen LogP) is 1.55. The van der Waals surface area contributed by atoms with Crippen LogP contribution >= 0.6 is 0 Å². The van der Waals surface area contributed by atoms with E-state index in [9.17, 15) is 9.59 Å². The van der Waals surface area contributed by atoms with Crippen LogP contribution in [0.1, 0.15) is 28.1 Å². The molecule has 1 aromatic heterocycles. The van der Waals surface area contributed by atoms with Crippen LogP contribution < -0.4 is 11.0 Å². The molecule has 1 heterocycles. The molecule has 0 saturated heterocycles. The Balaban J connectivity index is 2.03. The highest BCUT2D eigenvalue weighted by atomic mass is 16.1. The highest BCUT2D eigenvalue weighted by Gasteiger charge is 2.11. The van der Waals surface area contributed by atoms with E-state index in [2.05, 4.69) is 15.3 Å². The van der Waals surface area contributed by atoms with E-state index in [4.69, 9.17) is 0 Å². The van der Waals surface area contributed by atoms with Crippen LogP contribution in [0.3, 0.4) is 0 Å². The zero-order chi connectivity index (χ0) is 15.4. The number of nitrogens with zero attached hydrogens (tertiary/aromatic N) is 1. The van der Waals surface area contributed by atoms with Gasteiger partial charge in [0.2, 0.25) is 5.91 Å². The summed E-state index contributed by atoms with van der Waals surface area (Å²) in [6.45, 7) is 6.04. The van der Waals surface area contributed by atoms with Crippen LogP contribution in [0, 0.1) is 20.8 Å². The molecule has 0 radical (unpaired) electrons. The van der Waals surface area contributed by atoms with Crippen molar-refractivity contribution in [3.8, 4) is 0 Å². The second kappa shape index (κ2) is 6.35. The minimum atomic E-state index is -0.380. The first kappa shape index (κ1) is 15.0. The molecule has 1 aromatic carbocycles. The van der Waals surface area contributed by atoms with E-state index >= 15 is 0 Å². The molecule has 5 nitrogen and oxygen atoms in total. The summed E-state index contributed by atoms with van der Waals surface area (Å²) in [6, 6.07) is 7.93. The van der Waals surface area contributed by atoms with Crippen molar-refractivity contribution in [2.45, 2.75) is 33.7 Å². The number of hydrogen-bond acceptors (Lipinski definition) is 3. The van der Waals surface area contributed by atoms with Crippen LogP contribution in [0.4, 0.5) is 0 Å². The summed E-state index contributed by atoms with van der Waals surface area (Å²) >= 11 is 0. The number of aryl methyl sites for hydroxylation is 3. The third-order valence-corrected chi connectivity index (χ3v) is 3.53. The largest absolute Gasteiger partial charge is 0.352 e. The van der Waals surface area contributed by atoms with Gasteiger partial charge < -0.3 is 10.3 Å². The maximum absolute atomic E-state index is 12.1. The van der Waals surface area contributed by atoms with E-state index < -0.39 is 0 Å². The van der Waals surface area contributed by atoms with Crippen molar-refractivity contribution in [3.05, 3.63) is 62.8 Å². The van der Waals surface area contributed by atoms with Crippen molar-refractivity contribution in [2.24, 2.45) is 0 Å². The lowest BCUT2D eigenvalue weighted by Gasteiger charge is -2.10. The maximum atomic E-state index is 12.1. The monoisotopic (exact) mass is 285 g/mol. The minimum absolute atomic E-state index is 0.0849. The van der Waals surface area contributed by atoms with Crippen molar-refractivity contribution in [1.82, 2.24) is 15.3 Å². The highest BCUT2D eigenvalue weighted by molar-refractivity contribution is 5.79. The molecule has 0 saturated carbocycles. The standard InChI is InChI=1S/C16H19N3O2/c1-10-6-4-5-7-13(10)9-17-15(20)8-14-11(2)18-16(21)19-12(14)3/h4-7H,8-9H2,1-3H3,(H,17,20)(H,18,19,21). The Hall–Kier alpha value is -2.43. The molecule has 21 heavy (non-hydrogen) atoms. The summed E-state index contributed by atoms with van der Waals surface area (Å²) in [7, 11) is 0. The lowest BCUT2D eigenvalue weighted by atomic mass is 10.1. The van der Waals surface area contributed by atoms with E-state index in [1.807, 2.05) is 31.2 Å². The second-order valence-electron chi connectivity index (χ2n) is 5.11. The van der Waals surface area contributed by atoms with E-state index in [-0.39, 0.29) is 18.0 Å². The Morgan fingerprint density at radius 1 is 1.24 bits per heavy atom. The van der Waals surface area contributed by atoms with Gasteiger partial charge in [0.05, 0.1) is 6.42 Å². The quantitative estimate of drug-likeness (QED) is 0.895. The number of aromatic amines is 1. The topological polar surface area (TPSA) is 74.8 Å². The molecule has 0 aliphatic carbocycles. The zero-order valence-corrected chi connectivity index (χ0v) is 12.5. The van der Waals surface area contributed by atoms with Crippen molar-refractivity contribution in [2.75, 3.05) is 0 Å². The third-order valence-electron chi connectivity index (χ3n) is 3.53. The van der Waals surface area contributed by atoms with Gasteiger partial charge >= 0.3 is 5.69 Å². The molecule has 0 bridgehead atoms. The number of carbonyl (C=O) groups is 1. The average molecular weight is 285 g/mol. The molecule has 0 spiro atoms. The molecule has 0 aliphatic rings. The number of carbonyl (C=O) groups excluding carboxylic acids is 1. The fraction of sp³-hybridized carbons (Fsp3) is 0.312. The molecule has 0 aliphatic heterocycles. The lowest BCUT2D eigenvalue weighted by molar-refractivity contribution is -0.120. The van der Waals surface area contributed by atoms with Crippen molar-refractivity contribution in [1.29, 1.82) is 0 Å². The van der Waals surface area contributed by atoms with Crippen molar-refractivity contribution in [3.63, 3.8) is 0 Å². The fourth-order valence-corrected chi connectivity index (χ4v) is 2.24. The van der Waals surface area contributed by atoms with Gasteiger partial charge in [-0.15, -0.1) is 0 Å². The maximum Gasteiger partial charge on any atom is 0.345 e. The summed E-state index contributed by atoms with van der Waals surface area (Å²) in [4.78, 5) is 29.7. The normalized spacial score (nSPS) is 10.4. The van der Waals surface area contributed by atoms with E-state index in [0.29, 0.717) is 17.9 Å². The minimum Gasteiger partial charge on any atom is -0.352 e. The lowest BCUT2D eigenvalue weighted by Crippen LogP contribution is -2.27. The summed E-state index contributed by atoms with van der Waals surface area (Å²) in [5, 5.41) is 2.90. The number of aromatic nitrogens is 2. The number of rotatable bonds is 4. The number of benzene rings is 1. The van der Waals surface area contributed by atoms with Crippen molar-refractivity contribution < 1.29 is 4.79 Å². The third kappa shape index (κ3) is 3.78. The number of nitrogens with one attached hydrogen (secondary N) is 2. The van der Waals surface area contributed by atoms with Gasteiger partial charge in [0, 0.05) is 23.5 Å². The van der Waals surface area contributed by atoms with E-state index in [1.54, 1.807) is 13.8 Å². The molecular weight excluding hydrogens is 266 g/mol. The van der Waals surface area contributed by atoms with E-state index in [0.717, 1.165) is 16.7 Å². The summed E-state index contributed by atoms with van der Waals surface area (Å²) in [5.41, 5.74) is 3.93. The van der Waals surface area contributed by atoms with Crippen LogP contribution in [0.2, 0.25) is 0 Å². The Labute approximate surface area is 123 Å². The molecule has 5 heteroatoms. The predicted molar refractivity (Wildman–Crippen MR) is 81.1 cm³/mol. The Kier molecular flexibility index (Phi) is 4.52. The number of hydrogen-bond donors (Lipinski definition) is 2. The van der Waals surface area contributed by atoms with Gasteiger partial charge in [0.1, 0.15) is 0 Å². The fourth-order valence-electron chi connectivity index (χ4n) is 2.24. The smallest absolute Gasteiger partial charge is 0.345 e. The van der Waals surface area contributed by atoms with Gasteiger partial charge in [-0.2, -0.15) is 4.98 Å². The second-order valence-corrected chi connectivity index (χ2v) is 5.11. The Morgan fingerprint density at radius 2 is 1.95 bits per heavy atom. The molecule has 0 fully saturated rings. The highest BCUT2D eigenvalue weighted by Crippen LogP contribution is 2.09. The number of amides is 1. The molecule has 110 valence electrons. The van der Waals surface area contributed by atoms with Gasteiger partial charge in [-0.3, -0.25) is 4.79 Å². The van der Waals surface area contributed by atoms with Crippen LogP contribution in [0.5, 0.6) is 0 Å². The van der Waals surface area contributed by atoms with E-state index in [1.165, 1.54) is 0 Å². The van der Waals surface area contributed by atoms with Crippen LogP contribution in [-0.2, 0) is 17.8 Å². The summed E-state index contributed by atoms with van der Waals surface area (Å²) in [5.74, 6) is -0.0849. The molecule has 2 aromatic rings. The van der Waals surface area contributed by atoms with Gasteiger partial charge in [-0.25, -0.2) is 4.79 Å². The van der Waals surface area contributed by atoms with Crippen LogP contribution in [0.15, 0.2) is 29.1 Å². The summed E-state index contributed by atoms with van der Waals surface area (Å²) < 4.78 is 0. The summed E-state index contributed by atoms with van der Waals surface area (Å²) in [6.07, 6.45) is 0.216. The number of H-pyrrole nitrogens is 1. The first-order chi connectivity index (χ1) is 9.97. The molecule has 2 rings (SSSR count). The van der Waals surface area contributed by atoms with Crippen LogP contribution in [0.25, 0.3) is 0 Å². The first-order valence-corrected chi connectivity index (χ1v) is 6.85. The molecule has 2 N–H and O–H groups in total. The molecular formula is C16H19N3O2. The average Bonchev–Trinajstić information content (AvgIpc) is 2.42. The molecule has 1 amide bonds. The van der Waals surface area contributed by atoms with Crippen LogP contribution in [-0.4, -0.2) is 15.9 Å².